The SMILES string of the molecule is C=CC1=C(c2ccc(C#CC)cc2CC)C(=O)CCC1CC.CS. The van der Waals surface area contributed by atoms with E-state index < -0.39 is 0 Å². The molecule has 0 aromatic heterocycles. The molecule has 24 heavy (non-hydrogen) atoms. The second kappa shape index (κ2) is 10.2. The topological polar surface area (TPSA) is 17.1 Å². The quantitative estimate of drug-likeness (QED) is 0.566. The average molecular weight is 341 g/mol. The summed E-state index contributed by atoms with van der Waals surface area (Å²) in [6.45, 7) is 10.1. The summed E-state index contributed by atoms with van der Waals surface area (Å²) in [6.07, 6.45) is 7.12. The molecule has 1 nitrogen and oxygen atoms in total. The molecule has 1 aliphatic carbocycles. The zero-order chi connectivity index (χ0) is 18.1. The predicted octanol–water partition coefficient (Wildman–Crippen LogP) is 5.50. The molecule has 2 heteroatoms. The Balaban J connectivity index is 0.00000139. The Bertz CT molecular complexity index is 686. The number of ketones is 1. The number of carbonyl (C=O) groups excluding carboxylic acids is 1. The van der Waals surface area contributed by atoms with E-state index in [4.69, 9.17) is 0 Å². The summed E-state index contributed by atoms with van der Waals surface area (Å²) in [7, 11) is 0. The molecule has 1 aromatic rings. The van der Waals surface area contributed by atoms with Crippen molar-refractivity contribution in [3.63, 3.8) is 0 Å². The molecule has 0 spiro atoms. The molecular weight excluding hydrogens is 312 g/mol. The van der Waals surface area contributed by atoms with Crippen LogP contribution in [0.25, 0.3) is 5.57 Å². The van der Waals surface area contributed by atoms with Crippen LogP contribution in [0.5, 0.6) is 0 Å². The van der Waals surface area contributed by atoms with Crippen molar-refractivity contribution in [3.05, 3.63) is 53.1 Å². The van der Waals surface area contributed by atoms with Crippen molar-refractivity contribution < 1.29 is 4.79 Å². The van der Waals surface area contributed by atoms with E-state index in [2.05, 4.69) is 57.0 Å². The van der Waals surface area contributed by atoms with Gasteiger partial charge in [-0.2, -0.15) is 12.6 Å². The molecule has 0 fully saturated rings. The minimum Gasteiger partial charge on any atom is -0.294 e. The van der Waals surface area contributed by atoms with Crippen LogP contribution in [0, 0.1) is 17.8 Å². The number of rotatable bonds is 4. The number of carbonyl (C=O) groups is 1. The van der Waals surface area contributed by atoms with Gasteiger partial charge < -0.3 is 0 Å². The minimum absolute atomic E-state index is 0.253. The number of thiol groups is 1. The summed E-state index contributed by atoms with van der Waals surface area (Å²) in [4.78, 5) is 12.6. The van der Waals surface area contributed by atoms with E-state index in [1.54, 1.807) is 6.26 Å². The van der Waals surface area contributed by atoms with E-state index in [1.165, 1.54) is 5.56 Å². The highest BCUT2D eigenvalue weighted by Crippen LogP contribution is 2.37. The van der Waals surface area contributed by atoms with Crippen LogP contribution in [-0.2, 0) is 11.2 Å². The van der Waals surface area contributed by atoms with Crippen LogP contribution >= 0.6 is 12.6 Å². The van der Waals surface area contributed by atoms with E-state index in [-0.39, 0.29) is 5.78 Å². The minimum atomic E-state index is 0.253. The van der Waals surface area contributed by atoms with Gasteiger partial charge >= 0.3 is 0 Å². The smallest absolute Gasteiger partial charge is 0.163 e. The standard InChI is InChI=1S/C21H24O.CH4S/c1-5-9-15-10-12-19(17(7-3)14-15)21-18(8-4)16(6-2)11-13-20(21)22;1-2/h8,10,12,14,16H,4,6-7,11,13H2,1-3H3;2H,1H3. The van der Waals surface area contributed by atoms with E-state index >= 15 is 0 Å². The van der Waals surface area contributed by atoms with Gasteiger partial charge in [-0.3, -0.25) is 4.79 Å². The zero-order valence-corrected chi connectivity index (χ0v) is 16.2. The molecule has 128 valence electrons. The van der Waals surface area contributed by atoms with Gasteiger partial charge in [0.2, 0.25) is 0 Å². The van der Waals surface area contributed by atoms with Gasteiger partial charge in [0.15, 0.2) is 5.78 Å². The normalized spacial score (nSPS) is 16.7. The molecule has 1 atom stereocenters. The maximum atomic E-state index is 12.6. The lowest BCUT2D eigenvalue weighted by molar-refractivity contribution is -0.114. The Kier molecular flexibility index (Phi) is 8.65. The number of hydrogen-bond acceptors (Lipinski definition) is 2. The fourth-order valence-corrected chi connectivity index (χ4v) is 3.30. The van der Waals surface area contributed by atoms with Crippen molar-refractivity contribution in [2.75, 3.05) is 6.26 Å². The summed E-state index contributed by atoms with van der Waals surface area (Å²) in [6, 6.07) is 6.19. The largest absolute Gasteiger partial charge is 0.294 e. The van der Waals surface area contributed by atoms with Crippen LogP contribution in [0.15, 0.2) is 36.4 Å². The number of hydrogen-bond donors (Lipinski definition) is 1. The average Bonchev–Trinajstić information content (AvgIpc) is 2.63. The summed E-state index contributed by atoms with van der Waals surface area (Å²) < 4.78 is 0. The first-order valence-corrected chi connectivity index (χ1v) is 9.46. The first-order chi connectivity index (χ1) is 11.7. The highest BCUT2D eigenvalue weighted by molar-refractivity contribution is 7.79. The molecule has 1 aliphatic rings. The number of benzene rings is 1. The summed E-state index contributed by atoms with van der Waals surface area (Å²) >= 11 is 3.53. The van der Waals surface area contributed by atoms with Crippen molar-refractivity contribution in [2.45, 2.75) is 46.5 Å². The lowest BCUT2D eigenvalue weighted by Crippen LogP contribution is -2.18. The zero-order valence-electron chi connectivity index (χ0n) is 15.3. The van der Waals surface area contributed by atoms with E-state index in [0.29, 0.717) is 12.3 Å². The molecule has 0 amide bonds. The van der Waals surface area contributed by atoms with Crippen LogP contribution in [0.2, 0.25) is 0 Å². The van der Waals surface area contributed by atoms with Crippen molar-refractivity contribution >= 4 is 24.0 Å². The van der Waals surface area contributed by atoms with Gasteiger partial charge in [-0.05, 0) is 67.2 Å². The van der Waals surface area contributed by atoms with Crippen LogP contribution in [0.3, 0.4) is 0 Å². The lowest BCUT2D eigenvalue weighted by Gasteiger charge is -2.26. The molecule has 1 unspecified atom stereocenters. The van der Waals surface area contributed by atoms with E-state index in [1.807, 2.05) is 19.1 Å². The molecule has 0 saturated carbocycles. The third-order valence-corrected chi connectivity index (χ3v) is 4.46. The van der Waals surface area contributed by atoms with Crippen molar-refractivity contribution in [2.24, 2.45) is 5.92 Å². The summed E-state index contributed by atoms with van der Waals surface area (Å²) in [5.74, 6) is 6.73. The van der Waals surface area contributed by atoms with Gasteiger partial charge in [0.1, 0.15) is 0 Å². The first kappa shape index (κ1) is 20.3. The monoisotopic (exact) mass is 340 g/mol. The van der Waals surface area contributed by atoms with Gasteiger partial charge in [0, 0.05) is 17.6 Å². The third kappa shape index (κ3) is 4.42. The number of allylic oxidation sites excluding steroid dienone is 3. The van der Waals surface area contributed by atoms with Crippen LogP contribution in [0.4, 0.5) is 0 Å². The Morgan fingerprint density at radius 3 is 2.58 bits per heavy atom. The van der Waals surface area contributed by atoms with Gasteiger partial charge in [0.25, 0.3) is 0 Å². The Labute approximate surface area is 152 Å². The van der Waals surface area contributed by atoms with Crippen LogP contribution in [-0.4, -0.2) is 12.0 Å². The lowest BCUT2D eigenvalue weighted by atomic mass is 9.77. The Morgan fingerprint density at radius 1 is 1.33 bits per heavy atom. The summed E-state index contributed by atoms with van der Waals surface area (Å²) in [5, 5.41) is 0. The van der Waals surface area contributed by atoms with Gasteiger partial charge in [0.05, 0.1) is 0 Å². The molecule has 0 heterocycles. The molecule has 0 saturated heterocycles. The predicted molar refractivity (Wildman–Crippen MR) is 108 cm³/mol. The summed E-state index contributed by atoms with van der Waals surface area (Å²) in [5.41, 5.74) is 5.30. The molecular formula is C22H28OS. The fourth-order valence-electron chi connectivity index (χ4n) is 3.30. The maximum absolute atomic E-state index is 12.6. The highest BCUT2D eigenvalue weighted by Gasteiger charge is 2.27. The van der Waals surface area contributed by atoms with Crippen LogP contribution < -0.4 is 0 Å². The van der Waals surface area contributed by atoms with E-state index in [0.717, 1.165) is 41.5 Å². The molecule has 0 bridgehead atoms. The second-order valence-corrected chi connectivity index (χ2v) is 5.70. The maximum Gasteiger partial charge on any atom is 0.163 e. The van der Waals surface area contributed by atoms with Gasteiger partial charge in [-0.25, -0.2) is 0 Å². The Morgan fingerprint density at radius 2 is 2.04 bits per heavy atom. The third-order valence-electron chi connectivity index (χ3n) is 4.46. The van der Waals surface area contributed by atoms with Crippen LogP contribution in [0.1, 0.15) is 56.7 Å². The van der Waals surface area contributed by atoms with Crippen molar-refractivity contribution in [3.8, 4) is 11.8 Å². The molecule has 0 radical (unpaired) electrons. The highest BCUT2D eigenvalue weighted by atomic mass is 32.1. The molecule has 1 aromatic carbocycles. The van der Waals surface area contributed by atoms with Gasteiger partial charge in [-0.15, -0.1) is 5.92 Å². The second-order valence-electron chi connectivity index (χ2n) is 5.70. The molecule has 2 rings (SSSR count). The molecule has 0 aliphatic heterocycles. The number of Topliss-reactive ketones (excluding diaryl/α,β-unsaturated/α-hetero) is 1. The first-order valence-electron chi connectivity index (χ1n) is 8.56. The fraction of sp³-hybridized carbons (Fsp3) is 0.409. The van der Waals surface area contributed by atoms with E-state index in [9.17, 15) is 4.79 Å². The number of aryl methyl sites for hydroxylation is 1. The van der Waals surface area contributed by atoms with Crippen molar-refractivity contribution in [1.82, 2.24) is 0 Å². The van der Waals surface area contributed by atoms with Crippen molar-refractivity contribution in [1.29, 1.82) is 0 Å². The molecule has 0 N–H and O–H groups in total. The van der Waals surface area contributed by atoms with Gasteiger partial charge in [-0.1, -0.05) is 38.5 Å². The Hall–Kier alpha value is -1.72.